The molecule has 1 aromatic carbocycles. The number of hydrogen-bond donors (Lipinski definition) is 4. The second kappa shape index (κ2) is 9.14. The van der Waals surface area contributed by atoms with Crippen molar-refractivity contribution in [3.63, 3.8) is 0 Å². The minimum atomic E-state index is -1.54. The van der Waals surface area contributed by atoms with E-state index in [2.05, 4.69) is 5.32 Å². The minimum Gasteiger partial charge on any atom is -0.463 e. The van der Waals surface area contributed by atoms with E-state index in [0.717, 1.165) is 0 Å². The van der Waals surface area contributed by atoms with Crippen LogP contribution in [0.2, 0.25) is 0 Å². The number of hydrogen-bond acceptors (Lipinski definition) is 8. The number of ether oxygens (including phenoxy) is 3. The summed E-state index contributed by atoms with van der Waals surface area (Å²) in [7, 11) is 0. The van der Waals surface area contributed by atoms with Gasteiger partial charge in [-0.05, 0) is 24.3 Å². The summed E-state index contributed by atoms with van der Waals surface area (Å²) in [5.41, 5.74) is 0.564. The summed E-state index contributed by atoms with van der Waals surface area (Å²) in [5.74, 6) is -0.729. The average molecular weight is 383 g/mol. The molecule has 0 aromatic heterocycles. The standard InChI is InChI=1S/C18H25NO8/c1-9(2)17(24)25-8-13-14(21)15(22)16(23)18(27-13)26-12-6-4-11(5-7-12)19-10(3)20/h4-7,9,13-16,18,21-23H,8H2,1-3H3,(H,19,20)/t13?,14-,15?,16?,18+/m1/s1. The van der Waals surface area contributed by atoms with Gasteiger partial charge < -0.3 is 34.8 Å². The van der Waals surface area contributed by atoms with Gasteiger partial charge in [-0.1, -0.05) is 13.8 Å². The van der Waals surface area contributed by atoms with Gasteiger partial charge in [-0.15, -0.1) is 0 Å². The van der Waals surface area contributed by atoms with E-state index in [1.165, 1.54) is 6.92 Å². The van der Waals surface area contributed by atoms with Gasteiger partial charge in [0.15, 0.2) is 0 Å². The van der Waals surface area contributed by atoms with Crippen LogP contribution in [0.15, 0.2) is 24.3 Å². The lowest BCUT2D eigenvalue weighted by Gasteiger charge is -2.40. The third kappa shape index (κ3) is 5.64. The molecule has 0 aliphatic carbocycles. The van der Waals surface area contributed by atoms with Crippen molar-refractivity contribution in [2.75, 3.05) is 11.9 Å². The minimum absolute atomic E-state index is 0.217. The fraction of sp³-hybridized carbons (Fsp3) is 0.556. The monoisotopic (exact) mass is 383 g/mol. The molecule has 0 saturated carbocycles. The number of carbonyl (C=O) groups excluding carboxylic acids is 2. The Morgan fingerprint density at radius 2 is 1.74 bits per heavy atom. The van der Waals surface area contributed by atoms with E-state index in [4.69, 9.17) is 14.2 Å². The predicted molar refractivity (Wildman–Crippen MR) is 93.9 cm³/mol. The van der Waals surface area contributed by atoms with Gasteiger partial charge in [0.25, 0.3) is 0 Å². The first-order valence-electron chi connectivity index (χ1n) is 8.59. The first kappa shape index (κ1) is 21.1. The number of esters is 1. The molecule has 1 aliphatic rings. The Morgan fingerprint density at radius 3 is 2.30 bits per heavy atom. The molecule has 1 saturated heterocycles. The third-order valence-electron chi connectivity index (χ3n) is 3.96. The third-order valence-corrected chi connectivity index (χ3v) is 3.96. The molecule has 3 unspecified atom stereocenters. The summed E-state index contributed by atoms with van der Waals surface area (Å²) >= 11 is 0. The lowest BCUT2D eigenvalue weighted by molar-refractivity contribution is -0.278. The second-order valence-electron chi connectivity index (χ2n) is 6.62. The summed E-state index contributed by atoms with van der Waals surface area (Å²) in [5, 5.41) is 32.8. The summed E-state index contributed by atoms with van der Waals surface area (Å²) in [4.78, 5) is 22.6. The molecule has 0 bridgehead atoms. The summed E-state index contributed by atoms with van der Waals surface area (Å²) < 4.78 is 16.1. The molecule has 1 fully saturated rings. The van der Waals surface area contributed by atoms with Crippen LogP contribution < -0.4 is 10.1 Å². The van der Waals surface area contributed by atoms with Crippen LogP contribution in [0.4, 0.5) is 5.69 Å². The number of anilines is 1. The molecule has 9 nitrogen and oxygen atoms in total. The van der Waals surface area contributed by atoms with E-state index in [-0.39, 0.29) is 18.4 Å². The highest BCUT2D eigenvalue weighted by Crippen LogP contribution is 2.25. The van der Waals surface area contributed by atoms with Crippen molar-refractivity contribution in [3.8, 4) is 5.75 Å². The fourth-order valence-electron chi connectivity index (χ4n) is 2.44. The normalized spacial score (nSPS) is 27.9. The van der Waals surface area contributed by atoms with Crippen LogP contribution in [0, 0.1) is 5.92 Å². The van der Waals surface area contributed by atoms with Crippen molar-refractivity contribution in [1.82, 2.24) is 0 Å². The van der Waals surface area contributed by atoms with E-state index >= 15 is 0 Å². The zero-order valence-corrected chi connectivity index (χ0v) is 15.4. The number of carbonyl (C=O) groups is 2. The van der Waals surface area contributed by atoms with Gasteiger partial charge in [0.2, 0.25) is 12.2 Å². The van der Waals surface area contributed by atoms with Gasteiger partial charge in [0, 0.05) is 12.6 Å². The van der Waals surface area contributed by atoms with Gasteiger partial charge in [0.1, 0.15) is 36.8 Å². The molecule has 5 atom stereocenters. The maximum Gasteiger partial charge on any atom is 0.308 e. The SMILES string of the molecule is CC(=O)Nc1ccc(O[C@H]2OC(COC(=O)C(C)C)[C@@H](O)C(O)C2O)cc1. The largest absolute Gasteiger partial charge is 0.463 e. The highest BCUT2D eigenvalue weighted by Gasteiger charge is 2.45. The van der Waals surface area contributed by atoms with E-state index in [0.29, 0.717) is 11.4 Å². The molecule has 1 amide bonds. The Bertz CT molecular complexity index is 647. The number of aliphatic hydroxyl groups is 3. The van der Waals surface area contributed by atoms with Crippen LogP contribution in [0.25, 0.3) is 0 Å². The summed E-state index contributed by atoms with van der Waals surface area (Å²) in [6.07, 6.45) is -6.83. The zero-order chi connectivity index (χ0) is 20.1. The molecule has 150 valence electrons. The topological polar surface area (TPSA) is 135 Å². The fourth-order valence-corrected chi connectivity index (χ4v) is 2.44. The first-order chi connectivity index (χ1) is 12.7. The van der Waals surface area contributed by atoms with E-state index in [1.807, 2.05) is 0 Å². The molecule has 4 N–H and O–H groups in total. The Kier molecular flexibility index (Phi) is 7.14. The number of rotatable bonds is 6. The highest BCUT2D eigenvalue weighted by molar-refractivity contribution is 5.88. The van der Waals surface area contributed by atoms with Crippen molar-refractivity contribution in [1.29, 1.82) is 0 Å². The van der Waals surface area contributed by atoms with Crippen LogP contribution in [-0.4, -0.2) is 64.5 Å². The molecule has 2 rings (SSSR count). The molecule has 0 spiro atoms. The Morgan fingerprint density at radius 1 is 1.11 bits per heavy atom. The van der Waals surface area contributed by atoms with Crippen molar-refractivity contribution >= 4 is 17.6 Å². The molecular weight excluding hydrogens is 358 g/mol. The van der Waals surface area contributed by atoms with Gasteiger partial charge in [-0.25, -0.2) is 0 Å². The van der Waals surface area contributed by atoms with E-state index < -0.39 is 36.7 Å². The molecule has 0 radical (unpaired) electrons. The van der Waals surface area contributed by atoms with Crippen LogP contribution in [0.1, 0.15) is 20.8 Å². The quantitative estimate of drug-likeness (QED) is 0.506. The lowest BCUT2D eigenvalue weighted by atomic mass is 9.99. The van der Waals surface area contributed by atoms with Gasteiger partial charge in [0.05, 0.1) is 5.92 Å². The number of benzene rings is 1. The summed E-state index contributed by atoms with van der Waals surface area (Å²) in [6, 6.07) is 6.29. The highest BCUT2D eigenvalue weighted by atomic mass is 16.7. The Hall–Kier alpha value is -2.20. The Balaban J connectivity index is 2.02. The Labute approximate surface area is 156 Å². The lowest BCUT2D eigenvalue weighted by Crippen LogP contribution is -2.60. The maximum atomic E-state index is 11.6. The molecule has 1 heterocycles. The second-order valence-corrected chi connectivity index (χ2v) is 6.62. The van der Waals surface area contributed by atoms with Crippen LogP contribution in [0.5, 0.6) is 5.75 Å². The van der Waals surface area contributed by atoms with Crippen LogP contribution in [-0.2, 0) is 19.1 Å². The van der Waals surface area contributed by atoms with Crippen molar-refractivity contribution in [3.05, 3.63) is 24.3 Å². The van der Waals surface area contributed by atoms with Gasteiger partial charge in [-0.2, -0.15) is 0 Å². The average Bonchev–Trinajstić information content (AvgIpc) is 2.61. The van der Waals surface area contributed by atoms with Crippen LogP contribution >= 0.6 is 0 Å². The first-order valence-corrected chi connectivity index (χ1v) is 8.59. The van der Waals surface area contributed by atoms with Crippen molar-refractivity contribution in [2.24, 2.45) is 5.92 Å². The molecule has 1 aliphatic heterocycles. The smallest absolute Gasteiger partial charge is 0.308 e. The number of nitrogens with one attached hydrogen (secondary N) is 1. The molecule has 1 aromatic rings. The molecule has 9 heteroatoms. The molecule has 27 heavy (non-hydrogen) atoms. The van der Waals surface area contributed by atoms with E-state index in [1.54, 1.807) is 38.1 Å². The van der Waals surface area contributed by atoms with Crippen molar-refractivity contribution < 1.29 is 39.1 Å². The predicted octanol–water partition coefficient (Wildman–Crippen LogP) is 0.0306. The number of amides is 1. The summed E-state index contributed by atoms with van der Waals surface area (Å²) in [6.45, 7) is 4.42. The van der Waals surface area contributed by atoms with Gasteiger partial charge in [-0.3, -0.25) is 9.59 Å². The number of aliphatic hydroxyl groups excluding tert-OH is 3. The maximum absolute atomic E-state index is 11.6. The zero-order valence-electron chi connectivity index (χ0n) is 15.4. The van der Waals surface area contributed by atoms with Crippen LogP contribution in [0.3, 0.4) is 0 Å². The molecular formula is C18H25NO8. The van der Waals surface area contributed by atoms with E-state index in [9.17, 15) is 24.9 Å². The van der Waals surface area contributed by atoms with Crippen molar-refractivity contribution in [2.45, 2.75) is 51.5 Å². The van der Waals surface area contributed by atoms with Gasteiger partial charge >= 0.3 is 5.97 Å².